The first-order valence-electron chi connectivity index (χ1n) is 9.82. The molecule has 0 aliphatic rings. The molecule has 0 aliphatic carbocycles. The summed E-state index contributed by atoms with van der Waals surface area (Å²) in [5, 5.41) is 6.26. The summed E-state index contributed by atoms with van der Waals surface area (Å²) in [4.78, 5) is 24.0. The molecule has 0 heterocycles. The lowest BCUT2D eigenvalue weighted by atomic mass is 10.2. The van der Waals surface area contributed by atoms with E-state index in [4.69, 9.17) is 14.2 Å². The number of hydrogen-bond donors (Lipinski definition) is 2. The molecule has 8 nitrogen and oxygen atoms in total. The van der Waals surface area contributed by atoms with Crippen LogP contribution in [0.3, 0.4) is 0 Å². The van der Waals surface area contributed by atoms with Gasteiger partial charge in [0, 0.05) is 11.8 Å². The number of nitrogens with one attached hydrogen (secondary N) is 2. The molecule has 0 fully saturated rings. The van der Waals surface area contributed by atoms with E-state index in [0.29, 0.717) is 28.5 Å². The molecule has 0 saturated carbocycles. The summed E-state index contributed by atoms with van der Waals surface area (Å²) in [7, 11) is 2.99. The van der Waals surface area contributed by atoms with E-state index in [-0.39, 0.29) is 12.4 Å². The van der Waals surface area contributed by atoms with Crippen LogP contribution in [0.2, 0.25) is 0 Å². The topological polar surface area (TPSA) is 98.2 Å². The van der Waals surface area contributed by atoms with Crippen LogP contribution in [0.1, 0.15) is 11.1 Å². The average molecular weight is 451 g/mol. The summed E-state index contributed by atoms with van der Waals surface area (Å²) in [5.41, 5.74) is 3.99. The highest BCUT2D eigenvalue weighted by atomic mass is 19.1. The lowest BCUT2D eigenvalue weighted by Gasteiger charge is -2.11. The standard InChI is InChI=1S/C24H22FN3O5/c1-31-20-5-3-4-19(13-20)27-23(29)24(30)28-26-14-17-8-11-21(22(12-17)32-2)33-15-16-6-9-18(25)10-7-16/h3-14H,15H2,1-2H3,(H,27,29)(H,28,30)/b26-14-. The van der Waals surface area contributed by atoms with Gasteiger partial charge in [0.05, 0.1) is 20.4 Å². The molecule has 3 rings (SSSR count). The number of carbonyl (C=O) groups excluding carboxylic acids is 2. The van der Waals surface area contributed by atoms with Crippen molar-refractivity contribution in [3.8, 4) is 17.2 Å². The number of hydrazone groups is 1. The second kappa shape index (κ2) is 11.3. The van der Waals surface area contributed by atoms with Gasteiger partial charge < -0.3 is 19.5 Å². The molecule has 0 bridgehead atoms. The molecule has 0 aromatic heterocycles. The van der Waals surface area contributed by atoms with Gasteiger partial charge in [0.2, 0.25) is 0 Å². The van der Waals surface area contributed by atoms with Crippen LogP contribution in [0.25, 0.3) is 0 Å². The zero-order valence-corrected chi connectivity index (χ0v) is 18.0. The quantitative estimate of drug-likeness (QED) is 0.310. The first-order valence-corrected chi connectivity index (χ1v) is 9.82. The summed E-state index contributed by atoms with van der Waals surface area (Å²) >= 11 is 0. The Balaban J connectivity index is 1.55. The summed E-state index contributed by atoms with van der Waals surface area (Å²) in [6, 6.07) is 17.6. The second-order valence-electron chi connectivity index (χ2n) is 6.71. The minimum Gasteiger partial charge on any atom is -0.497 e. The van der Waals surface area contributed by atoms with Gasteiger partial charge in [0.25, 0.3) is 0 Å². The number of halogens is 1. The largest absolute Gasteiger partial charge is 0.497 e. The van der Waals surface area contributed by atoms with E-state index in [1.807, 2.05) is 0 Å². The third-order valence-corrected chi connectivity index (χ3v) is 4.41. The molecule has 33 heavy (non-hydrogen) atoms. The number of carbonyl (C=O) groups is 2. The van der Waals surface area contributed by atoms with Gasteiger partial charge in [-0.05, 0) is 53.6 Å². The number of methoxy groups -OCH3 is 2. The van der Waals surface area contributed by atoms with Crippen LogP contribution in [-0.2, 0) is 16.2 Å². The van der Waals surface area contributed by atoms with Crippen molar-refractivity contribution in [1.29, 1.82) is 0 Å². The van der Waals surface area contributed by atoms with Crippen molar-refractivity contribution in [2.24, 2.45) is 5.10 Å². The third-order valence-electron chi connectivity index (χ3n) is 4.41. The van der Waals surface area contributed by atoms with E-state index in [0.717, 1.165) is 5.56 Å². The second-order valence-corrected chi connectivity index (χ2v) is 6.71. The molecule has 0 aliphatic heterocycles. The average Bonchev–Trinajstić information content (AvgIpc) is 2.84. The van der Waals surface area contributed by atoms with Crippen LogP contribution >= 0.6 is 0 Å². The fraction of sp³-hybridized carbons (Fsp3) is 0.125. The van der Waals surface area contributed by atoms with Gasteiger partial charge in [-0.3, -0.25) is 9.59 Å². The maximum absolute atomic E-state index is 13.0. The lowest BCUT2D eigenvalue weighted by Crippen LogP contribution is -2.32. The number of rotatable bonds is 8. The van der Waals surface area contributed by atoms with E-state index >= 15 is 0 Å². The Morgan fingerprint density at radius 1 is 0.939 bits per heavy atom. The molecule has 0 atom stereocenters. The van der Waals surface area contributed by atoms with Crippen molar-refractivity contribution >= 4 is 23.7 Å². The van der Waals surface area contributed by atoms with Gasteiger partial charge in [0.1, 0.15) is 18.2 Å². The fourth-order valence-corrected chi connectivity index (χ4v) is 2.73. The molecule has 170 valence electrons. The van der Waals surface area contributed by atoms with Crippen LogP contribution in [0.15, 0.2) is 71.8 Å². The molecule has 0 radical (unpaired) electrons. The van der Waals surface area contributed by atoms with Crippen molar-refractivity contribution in [3.05, 3.63) is 83.7 Å². The SMILES string of the molecule is COc1cccc(NC(=O)C(=O)N/N=C\c2ccc(OCc3ccc(F)cc3)c(OC)c2)c1. The van der Waals surface area contributed by atoms with Gasteiger partial charge in [0.15, 0.2) is 11.5 Å². The summed E-state index contributed by atoms with van der Waals surface area (Å²) in [5.74, 6) is -0.637. The van der Waals surface area contributed by atoms with E-state index < -0.39 is 11.8 Å². The van der Waals surface area contributed by atoms with Gasteiger partial charge in [-0.25, -0.2) is 9.82 Å². The van der Waals surface area contributed by atoms with Gasteiger partial charge >= 0.3 is 11.8 Å². The van der Waals surface area contributed by atoms with Crippen LogP contribution in [0.4, 0.5) is 10.1 Å². The highest BCUT2D eigenvalue weighted by molar-refractivity contribution is 6.39. The zero-order valence-electron chi connectivity index (χ0n) is 18.0. The van der Waals surface area contributed by atoms with E-state index in [1.54, 1.807) is 54.6 Å². The summed E-state index contributed by atoms with van der Waals surface area (Å²) in [6.45, 7) is 0.239. The van der Waals surface area contributed by atoms with E-state index in [1.165, 1.54) is 32.6 Å². The highest BCUT2D eigenvalue weighted by Gasteiger charge is 2.13. The Morgan fingerprint density at radius 2 is 1.73 bits per heavy atom. The highest BCUT2D eigenvalue weighted by Crippen LogP contribution is 2.28. The van der Waals surface area contributed by atoms with Crippen molar-refractivity contribution in [3.63, 3.8) is 0 Å². The Kier molecular flexibility index (Phi) is 7.96. The minimum atomic E-state index is -0.930. The van der Waals surface area contributed by atoms with Crippen LogP contribution in [0, 0.1) is 5.82 Å². The number of nitrogens with zero attached hydrogens (tertiary/aromatic N) is 1. The van der Waals surface area contributed by atoms with E-state index in [9.17, 15) is 14.0 Å². The van der Waals surface area contributed by atoms with Crippen LogP contribution < -0.4 is 25.0 Å². The molecule has 3 aromatic rings. The molecule has 2 N–H and O–H groups in total. The third kappa shape index (κ3) is 6.79. The summed E-state index contributed by atoms with van der Waals surface area (Å²) in [6.07, 6.45) is 1.36. The predicted octanol–water partition coefficient (Wildman–Crippen LogP) is 3.51. The normalized spacial score (nSPS) is 10.5. The summed E-state index contributed by atoms with van der Waals surface area (Å²) < 4.78 is 29.1. The maximum Gasteiger partial charge on any atom is 0.329 e. The molecule has 0 unspecified atom stereocenters. The number of ether oxygens (including phenoxy) is 3. The molecule has 2 amide bonds. The van der Waals surface area contributed by atoms with Gasteiger partial charge in [-0.1, -0.05) is 18.2 Å². The maximum atomic E-state index is 13.0. The number of hydrogen-bond acceptors (Lipinski definition) is 6. The number of amides is 2. The van der Waals surface area contributed by atoms with Crippen molar-refractivity contribution in [1.82, 2.24) is 5.43 Å². The Hall–Kier alpha value is -4.40. The van der Waals surface area contributed by atoms with E-state index in [2.05, 4.69) is 15.8 Å². The predicted molar refractivity (Wildman–Crippen MR) is 121 cm³/mol. The Labute approximate surface area is 190 Å². The Bertz CT molecular complexity index is 1150. The monoisotopic (exact) mass is 451 g/mol. The van der Waals surface area contributed by atoms with Crippen LogP contribution in [0.5, 0.6) is 17.2 Å². The molecular weight excluding hydrogens is 429 g/mol. The molecule has 0 spiro atoms. The zero-order chi connectivity index (χ0) is 23.6. The minimum absolute atomic E-state index is 0.239. The smallest absolute Gasteiger partial charge is 0.329 e. The molecule has 0 saturated heterocycles. The molecule has 3 aromatic carbocycles. The number of anilines is 1. The molecule has 9 heteroatoms. The lowest BCUT2D eigenvalue weighted by molar-refractivity contribution is -0.136. The first kappa shape index (κ1) is 23.3. The van der Waals surface area contributed by atoms with Gasteiger partial charge in [-0.15, -0.1) is 0 Å². The first-order chi connectivity index (χ1) is 16.0. The number of benzene rings is 3. The van der Waals surface area contributed by atoms with Crippen LogP contribution in [-0.4, -0.2) is 32.2 Å². The molecular formula is C24H22FN3O5. The van der Waals surface area contributed by atoms with Crippen molar-refractivity contribution < 1.29 is 28.2 Å². The van der Waals surface area contributed by atoms with Crippen molar-refractivity contribution in [2.45, 2.75) is 6.61 Å². The van der Waals surface area contributed by atoms with Crippen molar-refractivity contribution in [2.75, 3.05) is 19.5 Å². The van der Waals surface area contributed by atoms with Gasteiger partial charge in [-0.2, -0.15) is 5.10 Å². The fourth-order valence-electron chi connectivity index (χ4n) is 2.73. The Morgan fingerprint density at radius 3 is 2.45 bits per heavy atom.